The van der Waals surface area contributed by atoms with Crippen molar-refractivity contribution in [2.24, 2.45) is 0 Å². The van der Waals surface area contributed by atoms with Crippen LogP contribution >= 0.6 is 0 Å². The Bertz CT molecular complexity index is 950. The van der Waals surface area contributed by atoms with Crippen molar-refractivity contribution in [3.63, 3.8) is 0 Å². The highest BCUT2D eigenvalue weighted by atomic mass is 16.3. The molecule has 60 heavy (non-hydrogen) atoms. The van der Waals surface area contributed by atoms with Gasteiger partial charge in [-0.3, -0.25) is 4.79 Å². The zero-order valence-corrected chi connectivity index (χ0v) is 40.0. The van der Waals surface area contributed by atoms with Crippen LogP contribution in [-0.2, 0) is 4.79 Å². The second kappa shape index (κ2) is 48.6. The molecule has 0 fully saturated rings. The van der Waals surface area contributed by atoms with Crippen LogP contribution in [0.2, 0.25) is 0 Å². The summed E-state index contributed by atoms with van der Waals surface area (Å²) in [7, 11) is 0. The lowest BCUT2D eigenvalue weighted by atomic mass is 10.00. The van der Waals surface area contributed by atoms with Crippen LogP contribution < -0.4 is 5.32 Å². The summed E-state index contributed by atoms with van der Waals surface area (Å²) in [5.41, 5.74) is 0. The summed E-state index contributed by atoms with van der Waals surface area (Å²) in [5, 5.41) is 43.8. The van der Waals surface area contributed by atoms with Gasteiger partial charge in [-0.05, 0) is 77.0 Å². The summed E-state index contributed by atoms with van der Waals surface area (Å²) < 4.78 is 0. The van der Waals surface area contributed by atoms with E-state index in [-0.39, 0.29) is 0 Å². The number of amides is 1. The van der Waals surface area contributed by atoms with Crippen molar-refractivity contribution in [2.45, 2.75) is 295 Å². The third-order valence-electron chi connectivity index (χ3n) is 12.3. The lowest BCUT2D eigenvalue weighted by Crippen LogP contribution is -2.53. The highest BCUT2D eigenvalue weighted by molar-refractivity contribution is 5.80. The fourth-order valence-corrected chi connectivity index (χ4v) is 8.12. The molecule has 0 saturated carbocycles. The fraction of sp³-hybridized carbons (Fsp3) is 0.870. The average Bonchev–Trinajstić information content (AvgIpc) is 3.25. The van der Waals surface area contributed by atoms with Gasteiger partial charge in [-0.1, -0.05) is 230 Å². The average molecular weight is 846 g/mol. The zero-order valence-electron chi connectivity index (χ0n) is 40.0. The molecule has 0 aromatic heterocycles. The first-order chi connectivity index (χ1) is 29.5. The SMILES string of the molecule is CCCCCCCC/C=C/CC/C=C/CCCC(O)C(O)C(CO)NC(=O)C(O)CCCCCCCCCCCCCCC/C=C\CCCCCCCCCCCCCC. The summed E-state index contributed by atoms with van der Waals surface area (Å²) >= 11 is 0. The number of nitrogens with one attached hydrogen (secondary N) is 1. The van der Waals surface area contributed by atoms with Gasteiger partial charge >= 0.3 is 0 Å². The lowest BCUT2D eigenvalue weighted by molar-refractivity contribution is -0.132. The Balaban J connectivity index is 3.64. The first-order valence-electron chi connectivity index (χ1n) is 26.4. The zero-order chi connectivity index (χ0) is 43.8. The molecule has 0 aliphatic heterocycles. The predicted molar refractivity (Wildman–Crippen MR) is 260 cm³/mol. The van der Waals surface area contributed by atoms with Crippen LogP contribution in [0.1, 0.15) is 271 Å². The summed E-state index contributed by atoms with van der Waals surface area (Å²) in [4.78, 5) is 12.6. The van der Waals surface area contributed by atoms with Crippen LogP contribution in [0.15, 0.2) is 36.5 Å². The number of unbranched alkanes of at least 4 members (excludes halogenated alkanes) is 33. The van der Waals surface area contributed by atoms with E-state index in [4.69, 9.17) is 0 Å². The lowest BCUT2D eigenvalue weighted by Gasteiger charge is -2.27. The number of aliphatic hydroxyl groups excluding tert-OH is 4. The fourth-order valence-electron chi connectivity index (χ4n) is 8.12. The third kappa shape index (κ3) is 41.9. The predicted octanol–water partition coefficient (Wildman–Crippen LogP) is 14.9. The number of hydrogen-bond acceptors (Lipinski definition) is 5. The maximum Gasteiger partial charge on any atom is 0.249 e. The van der Waals surface area contributed by atoms with Crippen LogP contribution in [0.5, 0.6) is 0 Å². The van der Waals surface area contributed by atoms with Crippen molar-refractivity contribution in [3.8, 4) is 0 Å². The molecule has 0 heterocycles. The Morgan fingerprint density at radius 1 is 0.400 bits per heavy atom. The molecule has 0 aromatic rings. The highest BCUT2D eigenvalue weighted by Gasteiger charge is 2.28. The minimum atomic E-state index is -1.29. The van der Waals surface area contributed by atoms with Gasteiger partial charge in [0.2, 0.25) is 5.91 Å². The molecule has 4 atom stereocenters. The number of carbonyl (C=O) groups excluding carboxylic acids is 1. The minimum absolute atomic E-state index is 0.361. The summed E-state index contributed by atoms with van der Waals surface area (Å²) in [6, 6.07) is -1.01. The number of rotatable bonds is 48. The molecule has 0 rings (SSSR count). The molecule has 0 aliphatic carbocycles. The van der Waals surface area contributed by atoms with Crippen LogP contribution in [-0.4, -0.2) is 57.3 Å². The molecule has 0 aliphatic rings. The van der Waals surface area contributed by atoms with Crippen LogP contribution in [0.4, 0.5) is 0 Å². The van der Waals surface area contributed by atoms with Crippen molar-refractivity contribution < 1.29 is 25.2 Å². The van der Waals surface area contributed by atoms with Crippen molar-refractivity contribution in [2.75, 3.05) is 6.61 Å². The van der Waals surface area contributed by atoms with E-state index in [1.807, 2.05) is 0 Å². The van der Waals surface area contributed by atoms with Crippen LogP contribution in [0, 0.1) is 0 Å². The van der Waals surface area contributed by atoms with E-state index in [9.17, 15) is 25.2 Å². The topological polar surface area (TPSA) is 110 Å². The molecule has 0 radical (unpaired) electrons. The van der Waals surface area contributed by atoms with Gasteiger partial charge in [0.15, 0.2) is 0 Å². The number of allylic oxidation sites excluding steroid dienone is 6. The molecule has 6 heteroatoms. The molecule has 4 unspecified atom stereocenters. The first kappa shape index (κ1) is 58.5. The van der Waals surface area contributed by atoms with Gasteiger partial charge in [-0.15, -0.1) is 0 Å². The second-order valence-electron chi connectivity index (χ2n) is 18.2. The molecule has 354 valence electrons. The standard InChI is InChI=1S/C54H103NO5/c1-3-5-7-9-11-13-15-17-19-20-21-22-23-24-25-26-27-28-29-30-31-32-34-36-38-40-42-44-46-48-52(58)54(60)55-50(49-56)53(59)51(57)47-45-43-41-39-37-35-33-18-16-14-12-10-8-6-4-2/h18,24-25,33,39,41,50-53,56-59H,3-17,19-23,26-32,34-38,40,42-49H2,1-2H3,(H,55,60)/b25-24-,33-18+,41-39+. The van der Waals surface area contributed by atoms with E-state index in [2.05, 4.69) is 55.6 Å². The van der Waals surface area contributed by atoms with Gasteiger partial charge < -0.3 is 25.7 Å². The third-order valence-corrected chi connectivity index (χ3v) is 12.3. The molecule has 5 N–H and O–H groups in total. The Morgan fingerprint density at radius 3 is 1.05 bits per heavy atom. The Hall–Kier alpha value is -1.47. The summed E-state index contributed by atoms with van der Waals surface area (Å²) in [5.74, 6) is -0.596. The van der Waals surface area contributed by atoms with E-state index in [0.29, 0.717) is 19.3 Å². The molecular weight excluding hydrogens is 743 g/mol. The number of aliphatic hydroxyl groups is 4. The van der Waals surface area contributed by atoms with E-state index < -0.39 is 36.9 Å². The van der Waals surface area contributed by atoms with Crippen LogP contribution in [0.25, 0.3) is 0 Å². The second-order valence-corrected chi connectivity index (χ2v) is 18.2. The van der Waals surface area contributed by atoms with Gasteiger partial charge in [0.1, 0.15) is 12.2 Å². The molecule has 0 bridgehead atoms. The van der Waals surface area contributed by atoms with Gasteiger partial charge in [0.05, 0.1) is 18.8 Å². The van der Waals surface area contributed by atoms with Crippen molar-refractivity contribution in [1.29, 1.82) is 0 Å². The van der Waals surface area contributed by atoms with Gasteiger partial charge in [-0.25, -0.2) is 0 Å². The highest BCUT2D eigenvalue weighted by Crippen LogP contribution is 2.16. The number of carbonyl (C=O) groups is 1. The number of hydrogen-bond donors (Lipinski definition) is 5. The van der Waals surface area contributed by atoms with Gasteiger partial charge in [0, 0.05) is 0 Å². The Labute approximate surface area is 373 Å². The molecular formula is C54H103NO5. The Kier molecular flexibility index (Phi) is 47.4. The smallest absolute Gasteiger partial charge is 0.249 e. The molecule has 0 aromatic carbocycles. The largest absolute Gasteiger partial charge is 0.394 e. The van der Waals surface area contributed by atoms with Crippen molar-refractivity contribution in [3.05, 3.63) is 36.5 Å². The normalized spacial score (nSPS) is 14.2. The van der Waals surface area contributed by atoms with Crippen molar-refractivity contribution >= 4 is 5.91 Å². The summed E-state index contributed by atoms with van der Waals surface area (Å²) in [6.07, 6.45) is 59.2. The minimum Gasteiger partial charge on any atom is -0.394 e. The molecule has 1 amide bonds. The monoisotopic (exact) mass is 846 g/mol. The Morgan fingerprint density at radius 2 is 0.700 bits per heavy atom. The van der Waals surface area contributed by atoms with Crippen molar-refractivity contribution in [1.82, 2.24) is 5.32 Å². The van der Waals surface area contributed by atoms with Crippen LogP contribution in [0.3, 0.4) is 0 Å². The summed E-state index contributed by atoms with van der Waals surface area (Å²) in [6.45, 7) is 4.04. The maximum atomic E-state index is 12.6. The molecule has 0 saturated heterocycles. The van der Waals surface area contributed by atoms with Gasteiger partial charge in [0.25, 0.3) is 0 Å². The van der Waals surface area contributed by atoms with E-state index >= 15 is 0 Å². The first-order valence-corrected chi connectivity index (χ1v) is 26.4. The molecule has 6 nitrogen and oxygen atoms in total. The van der Waals surface area contributed by atoms with E-state index in [0.717, 1.165) is 38.5 Å². The van der Waals surface area contributed by atoms with E-state index in [1.54, 1.807) is 0 Å². The van der Waals surface area contributed by atoms with Gasteiger partial charge in [-0.2, -0.15) is 0 Å². The quantitative estimate of drug-likeness (QED) is 0.0309. The maximum absolute atomic E-state index is 12.6. The molecule has 0 spiro atoms. The van der Waals surface area contributed by atoms with E-state index in [1.165, 1.54) is 199 Å².